The van der Waals surface area contributed by atoms with Crippen LogP contribution in [0, 0.1) is 6.92 Å². The standard InChI is InChI=1S/C8H13N3O4S/c1-4-15-8(12)6-7(16(9,13)14)5(2)11(3)10-6/h4H2,1-3H3,(H2,9,13,14). The summed E-state index contributed by atoms with van der Waals surface area (Å²) in [5, 5.41) is 8.79. The summed E-state index contributed by atoms with van der Waals surface area (Å²) < 4.78 is 28.6. The Morgan fingerprint density at radius 3 is 2.56 bits per heavy atom. The minimum Gasteiger partial charge on any atom is -0.461 e. The summed E-state index contributed by atoms with van der Waals surface area (Å²) in [7, 11) is -2.47. The van der Waals surface area contributed by atoms with Gasteiger partial charge in [-0.3, -0.25) is 4.68 Å². The van der Waals surface area contributed by atoms with Crippen LogP contribution in [0.3, 0.4) is 0 Å². The third-order valence-electron chi connectivity index (χ3n) is 2.03. The molecule has 0 saturated carbocycles. The summed E-state index contributed by atoms with van der Waals surface area (Å²) in [5.74, 6) is -0.796. The molecule has 0 spiro atoms. The van der Waals surface area contributed by atoms with Crippen LogP contribution in [0.2, 0.25) is 0 Å². The molecule has 2 N–H and O–H groups in total. The lowest BCUT2D eigenvalue weighted by Gasteiger charge is -2.00. The zero-order chi connectivity index (χ0) is 12.5. The van der Waals surface area contributed by atoms with Gasteiger partial charge in [0, 0.05) is 7.05 Å². The van der Waals surface area contributed by atoms with Crippen molar-refractivity contribution in [3.8, 4) is 0 Å². The number of hydrogen-bond acceptors (Lipinski definition) is 5. The molecular formula is C8H13N3O4S. The molecule has 0 atom stereocenters. The minimum atomic E-state index is -3.99. The van der Waals surface area contributed by atoms with Crippen molar-refractivity contribution in [2.75, 3.05) is 6.61 Å². The second kappa shape index (κ2) is 4.22. The Hall–Kier alpha value is -1.41. The van der Waals surface area contributed by atoms with E-state index >= 15 is 0 Å². The van der Waals surface area contributed by atoms with Crippen LogP contribution in [0.5, 0.6) is 0 Å². The molecule has 7 nitrogen and oxygen atoms in total. The molecule has 0 unspecified atom stereocenters. The number of carbonyl (C=O) groups is 1. The van der Waals surface area contributed by atoms with Gasteiger partial charge < -0.3 is 4.74 Å². The SMILES string of the molecule is CCOC(=O)c1nn(C)c(C)c1S(N)(=O)=O. The lowest BCUT2D eigenvalue weighted by molar-refractivity contribution is 0.0514. The third-order valence-corrected chi connectivity index (χ3v) is 3.09. The van der Waals surface area contributed by atoms with Crippen molar-refractivity contribution >= 4 is 16.0 Å². The highest BCUT2D eigenvalue weighted by molar-refractivity contribution is 7.89. The topological polar surface area (TPSA) is 104 Å². The molecule has 0 bridgehead atoms. The van der Waals surface area contributed by atoms with Gasteiger partial charge in [-0.2, -0.15) is 5.10 Å². The number of ether oxygens (including phenoxy) is 1. The molecule has 1 aromatic rings. The molecule has 16 heavy (non-hydrogen) atoms. The monoisotopic (exact) mass is 247 g/mol. The third kappa shape index (κ3) is 2.22. The molecule has 0 aliphatic rings. The molecule has 0 aliphatic heterocycles. The smallest absolute Gasteiger partial charge is 0.360 e. The minimum absolute atomic E-state index is 0.137. The van der Waals surface area contributed by atoms with Crippen molar-refractivity contribution < 1.29 is 17.9 Å². The Morgan fingerprint density at radius 1 is 1.56 bits per heavy atom. The number of nitrogens with two attached hydrogens (primary N) is 1. The highest BCUT2D eigenvalue weighted by Crippen LogP contribution is 2.18. The normalized spacial score (nSPS) is 11.5. The van der Waals surface area contributed by atoms with Gasteiger partial charge in [-0.05, 0) is 13.8 Å². The molecule has 0 aliphatic carbocycles. The molecule has 0 fully saturated rings. The van der Waals surface area contributed by atoms with Crippen LogP contribution >= 0.6 is 0 Å². The fourth-order valence-electron chi connectivity index (χ4n) is 1.26. The van der Waals surface area contributed by atoms with Crippen molar-refractivity contribution in [3.63, 3.8) is 0 Å². The molecule has 1 heterocycles. The molecule has 1 rings (SSSR count). The highest BCUT2D eigenvalue weighted by Gasteiger charge is 2.27. The largest absolute Gasteiger partial charge is 0.461 e. The predicted molar refractivity (Wildman–Crippen MR) is 55.3 cm³/mol. The average molecular weight is 247 g/mol. The number of nitrogens with zero attached hydrogens (tertiary/aromatic N) is 2. The second-order valence-electron chi connectivity index (χ2n) is 3.15. The van der Waals surface area contributed by atoms with Gasteiger partial charge in [-0.1, -0.05) is 0 Å². The maximum absolute atomic E-state index is 11.5. The quantitative estimate of drug-likeness (QED) is 0.728. The van der Waals surface area contributed by atoms with E-state index < -0.39 is 16.0 Å². The summed E-state index contributed by atoms with van der Waals surface area (Å²) in [4.78, 5) is 11.2. The van der Waals surface area contributed by atoms with E-state index in [0.29, 0.717) is 5.69 Å². The predicted octanol–water partition coefficient (Wildman–Crippen LogP) is -0.447. The van der Waals surface area contributed by atoms with Gasteiger partial charge in [0.05, 0.1) is 12.3 Å². The molecular weight excluding hydrogens is 234 g/mol. The Bertz CT molecular complexity index is 518. The van der Waals surface area contributed by atoms with Crippen LogP contribution in [-0.4, -0.2) is 30.8 Å². The van der Waals surface area contributed by atoms with Crippen LogP contribution in [0.4, 0.5) is 0 Å². The van der Waals surface area contributed by atoms with Gasteiger partial charge in [0.1, 0.15) is 4.90 Å². The van der Waals surface area contributed by atoms with Crippen LogP contribution in [0.25, 0.3) is 0 Å². The summed E-state index contributed by atoms with van der Waals surface area (Å²) >= 11 is 0. The van der Waals surface area contributed by atoms with Gasteiger partial charge in [0.2, 0.25) is 10.0 Å². The molecule has 0 saturated heterocycles. The van der Waals surface area contributed by atoms with Gasteiger partial charge in [-0.25, -0.2) is 18.4 Å². The van der Waals surface area contributed by atoms with E-state index in [4.69, 9.17) is 9.88 Å². The molecule has 0 radical (unpaired) electrons. The summed E-state index contributed by atoms with van der Waals surface area (Å²) in [6.07, 6.45) is 0. The molecule has 90 valence electrons. The van der Waals surface area contributed by atoms with Crippen LogP contribution in [-0.2, 0) is 21.8 Å². The van der Waals surface area contributed by atoms with E-state index in [1.807, 2.05) is 0 Å². The van der Waals surface area contributed by atoms with E-state index in [1.54, 1.807) is 6.92 Å². The molecule has 1 aromatic heterocycles. The number of rotatable bonds is 3. The van der Waals surface area contributed by atoms with Gasteiger partial charge >= 0.3 is 5.97 Å². The van der Waals surface area contributed by atoms with Gasteiger partial charge in [0.15, 0.2) is 5.69 Å². The zero-order valence-electron chi connectivity index (χ0n) is 9.22. The summed E-state index contributed by atoms with van der Waals surface area (Å²) in [6.45, 7) is 3.26. The van der Waals surface area contributed by atoms with Crippen molar-refractivity contribution in [1.82, 2.24) is 9.78 Å². The number of esters is 1. The Labute approximate surface area is 93.2 Å². The molecule has 0 aromatic carbocycles. The van der Waals surface area contributed by atoms with Crippen molar-refractivity contribution in [2.24, 2.45) is 12.2 Å². The van der Waals surface area contributed by atoms with Crippen LogP contribution in [0.15, 0.2) is 4.90 Å². The number of hydrogen-bond donors (Lipinski definition) is 1. The number of sulfonamides is 1. The van der Waals surface area contributed by atoms with Gasteiger partial charge in [-0.15, -0.1) is 0 Å². The van der Waals surface area contributed by atoms with E-state index in [9.17, 15) is 13.2 Å². The fourth-order valence-corrected chi connectivity index (χ4v) is 2.20. The van der Waals surface area contributed by atoms with E-state index in [0.717, 1.165) is 0 Å². The van der Waals surface area contributed by atoms with E-state index in [1.165, 1.54) is 18.7 Å². The van der Waals surface area contributed by atoms with Crippen LogP contribution < -0.4 is 5.14 Å². The van der Waals surface area contributed by atoms with Crippen molar-refractivity contribution in [2.45, 2.75) is 18.7 Å². The average Bonchev–Trinajstić information content (AvgIpc) is 2.43. The first kappa shape index (κ1) is 12.7. The Kier molecular flexibility index (Phi) is 3.34. The molecule has 8 heteroatoms. The summed E-state index contributed by atoms with van der Waals surface area (Å²) in [5.41, 5.74) is 0.0231. The van der Waals surface area contributed by atoms with Crippen molar-refractivity contribution in [1.29, 1.82) is 0 Å². The number of primary sulfonamides is 1. The molecule has 0 amide bonds. The van der Waals surface area contributed by atoms with Crippen molar-refractivity contribution in [3.05, 3.63) is 11.4 Å². The Morgan fingerprint density at radius 2 is 2.12 bits per heavy atom. The fraction of sp³-hybridized carbons (Fsp3) is 0.500. The number of aryl methyl sites for hydroxylation is 1. The Balaban J connectivity index is 3.41. The van der Waals surface area contributed by atoms with E-state index in [2.05, 4.69) is 5.10 Å². The van der Waals surface area contributed by atoms with E-state index in [-0.39, 0.29) is 17.2 Å². The first-order valence-electron chi connectivity index (χ1n) is 4.52. The first-order valence-corrected chi connectivity index (χ1v) is 6.07. The number of carbonyl (C=O) groups excluding carboxylic acids is 1. The van der Waals surface area contributed by atoms with Crippen LogP contribution in [0.1, 0.15) is 23.1 Å². The maximum Gasteiger partial charge on any atom is 0.360 e. The highest BCUT2D eigenvalue weighted by atomic mass is 32.2. The summed E-state index contributed by atoms with van der Waals surface area (Å²) in [6, 6.07) is 0. The lowest BCUT2D eigenvalue weighted by Crippen LogP contribution is -2.18. The zero-order valence-corrected chi connectivity index (χ0v) is 10.0. The number of aromatic nitrogens is 2. The van der Waals surface area contributed by atoms with Gasteiger partial charge in [0.25, 0.3) is 0 Å². The first-order chi connectivity index (χ1) is 7.29. The maximum atomic E-state index is 11.5. The lowest BCUT2D eigenvalue weighted by atomic mass is 10.4. The second-order valence-corrected chi connectivity index (χ2v) is 4.65.